The van der Waals surface area contributed by atoms with Crippen LogP contribution in [-0.2, 0) is 14.4 Å². The minimum atomic E-state index is -1.03. The zero-order valence-electron chi connectivity index (χ0n) is 19.2. The van der Waals surface area contributed by atoms with Crippen molar-refractivity contribution in [3.8, 4) is 0 Å². The van der Waals surface area contributed by atoms with Crippen molar-refractivity contribution in [2.45, 2.75) is 12.1 Å². The van der Waals surface area contributed by atoms with Crippen LogP contribution in [0.4, 0.5) is 27.1 Å². The lowest BCUT2D eigenvalue weighted by Crippen LogP contribution is -2.50. The fraction of sp³-hybridized carbons (Fsp3) is 0.148. The molecule has 184 valence electrons. The lowest BCUT2D eigenvalue weighted by molar-refractivity contribution is -0.384. The second-order valence-electron chi connectivity index (χ2n) is 9.09. The molecule has 0 radical (unpaired) electrons. The quantitative estimate of drug-likeness (QED) is 0.333. The predicted molar refractivity (Wildman–Crippen MR) is 133 cm³/mol. The molecular formula is C27H19FN4O5. The Morgan fingerprint density at radius 3 is 2.30 bits per heavy atom. The van der Waals surface area contributed by atoms with E-state index < -0.39 is 52.4 Å². The van der Waals surface area contributed by atoms with Crippen LogP contribution < -0.4 is 15.1 Å². The molecule has 0 unspecified atom stereocenters. The third kappa shape index (κ3) is 3.48. The SMILES string of the molecule is O=C(Nc1ccc([N+](=O)[O-])cc1)[C@@H]1[C@@H]2C(=O)N(c3ccc(F)cc3)C(=O)[C@H]2[C@H]2C=Cc3ccccc3N21. The number of hydrogen-bond donors (Lipinski definition) is 1. The van der Waals surface area contributed by atoms with E-state index >= 15 is 0 Å². The van der Waals surface area contributed by atoms with Crippen molar-refractivity contribution in [1.82, 2.24) is 0 Å². The molecular weight excluding hydrogens is 479 g/mol. The first-order valence-electron chi connectivity index (χ1n) is 11.6. The molecule has 37 heavy (non-hydrogen) atoms. The number of imide groups is 1. The Balaban J connectivity index is 1.40. The van der Waals surface area contributed by atoms with Crippen LogP contribution in [0.15, 0.2) is 78.9 Å². The van der Waals surface area contributed by atoms with Gasteiger partial charge in [0.25, 0.3) is 5.69 Å². The molecule has 0 aliphatic carbocycles. The van der Waals surface area contributed by atoms with E-state index in [1.54, 1.807) is 0 Å². The Morgan fingerprint density at radius 2 is 1.59 bits per heavy atom. The molecule has 2 saturated heterocycles. The number of rotatable bonds is 4. The zero-order valence-corrected chi connectivity index (χ0v) is 19.2. The number of nitro groups is 1. The fourth-order valence-corrected chi connectivity index (χ4v) is 5.54. The van der Waals surface area contributed by atoms with Gasteiger partial charge in [-0.25, -0.2) is 9.29 Å². The van der Waals surface area contributed by atoms with E-state index in [1.807, 2.05) is 41.3 Å². The highest BCUT2D eigenvalue weighted by atomic mass is 19.1. The first-order valence-corrected chi connectivity index (χ1v) is 11.6. The van der Waals surface area contributed by atoms with Crippen molar-refractivity contribution in [3.63, 3.8) is 0 Å². The summed E-state index contributed by atoms with van der Waals surface area (Å²) in [5.74, 6) is -3.82. The van der Waals surface area contributed by atoms with E-state index in [-0.39, 0.29) is 11.4 Å². The molecule has 0 spiro atoms. The Hall–Kier alpha value is -4.86. The summed E-state index contributed by atoms with van der Waals surface area (Å²) in [7, 11) is 0. The average molecular weight is 498 g/mol. The van der Waals surface area contributed by atoms with Gasteiger partial charge in [0.05, 0.1) is 28.5 Å². The van der Waals surface area contributed by atoms with Crippen molar-refractivity contribution in [3.05, 3.63) is 100 Å². The Morgan fingerprint density at radius 1 is 0.919 bits per heavy atom. The molecule has 3 heterocycles. The van der Waals surface area contributed by atoms with Gasteiger partial charge in [0.15, 0.2) is 0 Å². The Labute approximate surface area is 209 Å². The first kappa shape index (κ1) is 22.6. The summed E-state index contributed by atoms with van der Waals surface area (Å²) >= 11 is 0. The van der Waals surface area contributed by atoms with Crippen LogP contribution in [0.2, 0.25) is 0 Å². The molecule has 0 bridgehead atoms. The molecule has 9 nitrogen and oxygen atoms in total. The molecule has 3 amide bonds. The monoisotopic (exact) mass is 498 g/mol. The highest BCUT2D eigenvalue weighted by molar-refractivity contribution is 6.25. The molecule has 0 saturated carbocycles. The van der Waals surface area contributed by atoms with Crippen LogP contribution >= 0.6 is 0 Å². The van der Waals surface area contributed by atoms with Crippen LogP contribution in [0.5, 0.6) is 0 Å². The third-order valence-electron chi connectivity index (χ3n) is 7.11. The van der Waals surface area contributed by atoms with Crippen molar-refractivity contribution < 1.29 is 23.7 Å². The Kier molecular flexibility index (Phi) is 5.11. The maximum Gasteiger partial charge on any atom is 0.269 e. The van der Waals surface area contributed by atoms with Crippen molar-refractivity contribution in [2.24, 2.45) is 11.8 Å². The number of anilines is 3. The number of nitro benzene ring substituents is 1. The topological polar surface area (TPSA) is 113 Å². The van der Waals surface area contributed by atoms with Crippen molar-refractivity contribution in [1.29, 1.82) is 0 Å². The molecule has 3 aromatic rings. The minimum Gasteiger partial charge on any atom is -0.351 e. The highest BCUT2D eigenvalue weighted by Crippen LogP contribution is 2.49. The molecule has 6 rings (SSSR count). The third-order valence-corrected chi connectivity index (χ3v) is 7.11. The minimum absolute atomic E-state index is 0.124. The molecule has 3 aromatic carbocycles. The number of fused-ring (bicyclic) bond motifs is 5. The number of hydrogen-bond acceptors (Lipinski definition) is 6. The Bertz CT molecular complexity index is 1490. The van der Waals surface area contributed by atoms with Gasteiger partial charge in [-0.15, -0.1) is 0 Å². The van der Waals surface area contributed by atoms with Gasteiger partial charge in [-0.2, -0.15) is 0 Å². The van der Waals surface area contributed by atoms with Gasteiger partial charge in [0.2, 0.25) is 17.7 Å². The maximum absolute atomic E-state index is 13.7. The van der Waals surface area contributed by atoms with E-state index in [0.29, 0.717) is 5.69 Å². The molecule has 4 atom stereocenters. The van der Waals surface area contributed by atoms with E-state index in [9.17, 15) is 28.9 Å². The second kappa shape index (κ2) is 8.37. The summed E-state index contributed by atoms with van der Waals surface area (Å²) < 4.78 is 13.5. The normalized spacial score (nSPS) is 23.5. The predicted octanol–water partition coefficient (Wildman–Crippen LogP) is 3.76. The molecule has 10 heteroatoms. The average Bonchev–Trinajstić information content (AvgIpc) is 3.38. The highest BCUT2D eigenvalue weighted by Gasteiger charge is 2.64. The maximum atomic E-state index is 13.7. The first-order chi connectivity index (χ1) is 17.8. The number of carbonyl (C=O) groups is 3. The van der Waals surface area contributed by atoms with Gasteiger partial charge in [0.1, 0.15) is 11.9 Å². The molecule has 0 aromatic heterocycles. The molecule has 3 aliphatic rings. The largest absolute Gasteiger partial charge is 0.351 e. The number of benzene rings is 3. The second-order valence-corrected chi connectivity index (χ2v) is 9.09. The summed E-state index contributed by atoms with van der Waals surface area (Å²) in [5, 5.41) is 13.8. The summed E-state index contributed by atoms with van der Waals surface area (Å²) in [6.45, 7) is 0. The van der Waals surface area contributed by atoms with Gasteiger partial charge in [-0.1, -0.05) is 30.4 Å². The smallest absolute Gasteiger partial charge is 0.269 e. The van der Waals surface area contributed by atoms with E-state index in [2.05, 4.69) is 5.32 Å². The number of nitrogens with zero attached hydrogens (tertiary/aromatic N) is 3. The van der Waals surface area contributed by atoms with Gasteiger partial charge >= 0.3 is 0 Å². The number of nitrogens with one attached hydrogen (secondary N) is 1. The number of amides is 3. The van der Waals surface area contributed by atoms with E-state index in [0.717, 1.165) is 16.2 Å². The van der Waals surface area contributed by atoms with Crippen LogP contribution in [0.1, 0.15) is 5.56 Å². The zero-order chi connectivity index (χ0) is 25.8. The summed E-state index contributed by atoms with van der Waals surface area (Å²) in [6.07, 6.45) is 3.71. The van der Waals surface area contributed by atoms with E-state index in [4.69, 9.17) is 0 Å². The summed E-state index contributed by atoms with van der Waals surface area (Å²) in [6, 6.07) is 16.3. The standard InChI is InChI=1S/C27H19FN4O5/c28-16-6-10-18(11-7-16)30-26(34)22-21-14-5-15-3-1-2-4-20(15)31(21)24(23(22)27(30)35)25(33)29-17-8-12-19(13-9-17)32(36)37/h1-14,21-24H,(H,29,33)/t21-,22+,23-,24+/m1/s1. The van der Waals surface area contributed by atoms with Gasteiger partial charge in [-0.3, -0.25) is 24.5 Å². The van der Waals surface area contributed by atoms with Gasteiger partial charge in [-0.05, 0) is 48.0 Å². The van der Waals surface area contributed by atoms with Crippen LogP contribution in [0.3, 0.4) is 0 Å². The molecule has 1 N–H and O–H groups in total. The summed E-state index contributed by atoms with van der Waals surface area (Å²) in [4.78, 5) is 54.4. The number of non-ortho nitro benzene ring substituents is 1. The van der Waals surface area contributed by atoms with E-state index in [1.165, 1.54) is 48.5 Å². The van der Waals surface area contributed by atoms with Gasteiger partial charge < -0.3 is 10.2 Å². The van der Waals surface area contributed by atoms with Crippen LogP contribution in [-0.4, -0.2) is 34.7 Å². The molecule has 2 fully saturated rings. The van der Waals surface area contributed by atoms with Crippen LogP contribution in [0, 0.1) is 27.8 Å². The number of para-hydroxylation sites is 1. The fourth-order valence-electron chi connectivity index (χ4n) is 5.54. The van der Waals surface area contributed by atoms with Crippen LogP contribution in [0.25, 0.3) is 6.08 Å². The van der Waals surface area contributed by atoms with Gasteiger partial charge in [0, 0.05) is 23.5 Å². The van der Waals surface area contributed by atoms with Crippen molar-refractivity contribution >= 4 is 46.5 Å². The number of carbonyl (C=O) groups excluding carboxylic acids is 3. The number of halogens is 1. The van der Waals surface area contributed by atoms with Crippen molar-refractivity contribution in [2.75, 3.05) is 15.1 Å². The lowest BCUT2D eigenvalue weighted by atomic mass is 9.88. The lowest BCUT2D eigenvalue weighted by Gasteiger charge is -2.36. The molecule has 3 aliphatic heterocycles. The summed E-state index contributed by atoms with van der Waals surface area (Å²) in [5.41, 5.74) is 2.01.